The highest BCUT2D eigenvalue weighted by atomic mass is 32.1. The van der Waals surface area contributed by atoms with Gasteiger partial charge in [0.1, 0.15) is 0 Å². The molecule has 1 aromatic heterocycles. The lowest BCUT2D eigenvalue weighted by atomic mass is 10.1. The molecule has 0 radical (unpaired) electrons. The average molecular weight is 293 g/mol. The zero-order valence-corrected chi connectivity index (χ0v) is 11.6. The largest absolute Gasteiger partial charge is 0.504 e. The van der Waals surface area contributed by atoms with Gasteiger partial charge in [-0.1, -0.05) is 6.07 Å². The Hall–Kier alpha value is -2.12. The maximum absolute atomic E-state index is 11.9. The predicted octanol–water partition coefficient (Wildman–Crippen LogP) is 1.37. The van der Waals surface area contributed by atoms with E-state index in [0.29, 0.717) is 10.7 Å². The van der Waals surface area contributed by atoms with Crippen molar-refractivity contribution >= 4 is 22.4 Å². The van der Waals surface area contributed by atoms with Crippen molar-refractivity contribution in [1.82, 2.24) is 4.98 Å². The van der Waals surface area contributed by atoms with E-state index in [1.54, 1.807) is 12.3 Å². The number of aryl methyl sites for hydroxylation is 1. The van der Waals surface area contributed by atoms with Gasteiger partial charge in [0.05, 0.1) is 6.04 Å². The Balaban J connectivity index is 1.98. The van der Waals surface area contributed by atoms with Crippen LogP contribution in [0.1, 0.15) is 10.4 Å². The molecule has 0 bridgehead atoms. The Kier molecular flexibility index (Phi) is 4.21. The van der Waals surface area contributed by atoms with E-state index >= 15 is 0 Å². The van der Waals surface area contributed by atoms with Crippen molar-refractivity contribution in [3.63, 3.8) is 0 Å². The molecule has 1 aromatic carbocycles. The second kappa shape index (κ2) is 5.89. The Bertz CT molecular complexity index is 627. The number of hydrogen-bond donors (Lipinski definition) is 4. The monoisotopic (exact) mass is 293 g/mol. The van der Waals surface area contributed by atoms with Crippen LogP contribution in [0.2, 0.25) is 0 Å². The van der Waals surface area contributed by atoms with Crippen molar-refractivity contribution in [2.24, 2.45) is 5.73 Å². The summed E-state index contributed by atoms with van der Waals surface area (Å²) in [5, 5.41) is 21.8. The molecule has 0 fully saturated rings. The topological polar surface area (TPSA) is 108 Å². The summed E-state index contributed by atoms with van der Waals surface area (Å²) in [5.74, 6) is -0.775. The van der Waals surface area contributed by atoms with Gasteiger partial charge in [0.15, 0.2) is 16.6 Å². The first-order chi connectivity index (χ1) is 9.45. The van der Waals surface area contributed by atoms with Gasteiger partial charge < -0.3 is 21.3 Å². The number of nitrogens with two attached hydrogens (primary N) is 1. The molecule has 1 atom stereocenters. The van der Waals surface area contributed by atoms with Gasteiger partial charge in [-0.2, -0.15) is 0 Å². The Morgan fingerprint density at radius 3 is 2.80 bits per heavy atom. The van der Waals surface area contributed by atoms with E-state index in [4.69, 9.17) is 5.73 Å². The average Bonchev–Trinajstić information content (AvgIpc) is 2.79. The first-order valence-corrected chi connectivity index (χ1v) is 6.77. The van der Waals surface area contributed by atoms with Crippen LogP contribution < -0.4 is 11.1 Å². The molecule has 0 spiro atoms. The number of carbonyl (C=O) groups is 1. The third-order valence-corrected chi connectivity index (χ3v) is 3.51. The fraction of sp³-hybridized carbons (Fsp3) is 0.231. The molecule has 0 saturated carbocycles. The fourth-order valence-corrected chi connectivity index (χ4v) is 2.32. The van der Waals surface area contributed by atoms with E-state index in [9.17, 15) is 15.0 Å². The number of nitrogens with one attached hydrogen (secondary N) is 1. The first-order valence-electron chi connectivity index (χ1n) is 5.95. The molecule has 0 aliphatic carbocycles. The van der Waals surface area contributed by atoms with E-state index in [2.05, 4.69) is 10.3 Å². The lowest BCUT2D eigenvalue weighted by molar-refractivity contribution is -0.117. The van der Waals surface area contributed by atoms with Crippen molar-refractivity contribution < 1.29 is 15.0 Å². The summed E-state index contributed by atoms with van der Waals surface area (Å²) >= 11 is 1.37. The number of rotatable bonds is 4. The number of phenols is 2. The zero-order chi connectivity index (χ0) is 14.7. The fourth-order valence-electron chi connectivity index (χ4n) is 1.65. The molecule has 106 valence electrons. The molecule has 1 amide bonds. The quantitative estimate of drug-likeness (QED) is 0.637. The Labute approximate surface area is 119 Å². The van der Waals surface area contributed by atoms with Crippen molar-refractivity contribution in [1.29, 1.82) is 0 Å². The standard InChI is InChI=1S/C13H15N3O3S/c1-7-6-15-13(20-7)16-12(19)9(14)4-8-2-3-10(17)11(18)5-8/h2-3,5-6,9,17-18H,4,14H2,1H3,(H,15,16,19)/t9-/m0/s1. The maximum atomic E-state index is 11.9. The molecule has 0 unspecified atom stereocenters. The smallest absolute Gasteiger partial charge is 0.243 e. The summed E-state index contributed by atoms with van der Waals surface area (Å²) in [5.41, 5.74) is 6.48. The lowest BCUT2D eigenvalue weighted by Gasteiger charge is -2.11. The van der Waals surface area contributed by atoms with Crippen molar-refractivity contribution in [2.75, 3.05) is 5.32 Å². The summed E-state index contributed by atoms with van der Waals surface area (Å²) in [6.07, 6.45) is 1.92. The summed E-state index contributed by atoms with van der Waals surface area (Å²) in [6.45, 7) is 1.90. The van der Waals surface area contributed by atoms with Crippen LogP contribution in [0.15, 0.2) is 24.4 Å². The SMILES string of the molecule is Cc1cnc(NC(=O)[C@@H](N)Cc2ccc(O)c(O)c2)s1. The van der Waals surface area contributed by atoms with E-state index in [1.165, 1.54) is 23.5 Å². The van der Waals surface area contributed by atoms with Crippen LogP contribution in [0.25, 0.3) is 0 Å². The lowest BCUT2D eigenvalue weighted by Crippen LogP contribution is -2.37. The number of phenolic OH excluding ortho intramolecular Hbond substituents is 2. The van der Waals surface area contributed by atoms with Gasteiger partial charge in [0, 0.05) is 11.1 Å². The predicted molar refractivity (Wildman–Crippen MR) is 76.9 cm³/mol. The number of thiazole rings is 1. The number of carbonyl (C=O) groups excluding carboxylic acids is 1. The van der Waals surface area contributed by atoms with Crippen LogP contribution >= 0.6 is 11.3 Å². The number of amides is 1. The van der Waals surface area contributed by atoms with Crippen molar-refractivity contribution in [2.45, 2.75) is 19.4 Å². The highest BCUT2D eigenvalue weighted by molar-refractivity contribution is 7.15. The van der Waals surface area contributed by atoms with E-state index in [0.717, 1.165) is 4.88 Å². The van der Waals surface area contributed by atoms with Crippen LogP contribution in [0.4, 0.5) is 5.13 Å². The Morgan fingerprint density at radius 2 is 2.20 bits per heavy atom. The van der Waals surface area contributed by atoms with Gasteiger partial charge >= 0.3 is 0 Å². The molecular weight excluding hydrogens is 278 g/mol. The highest BCUT2D eigenvalue weighted by Crippen LogP contribution is 2.25. The van der Waals surface area contributed by atoms with E-state index in [-0.39, 0.29) is 23.8 Å². The number of benzene rings is 1. The molecular formula is C13H15N3O3S. The van der Waals surface area contributed by atoms with Crippen LogP contribution in [-0.4, -0.2) is 27.1 Å². The second-order valence-corrected chi connectivity index (χ2v) is 5.63. The molecule has 1 heterocycles. The summed E-state index contributed by atoms with van der Waals surface area (Å²) < 4.78 is 0. The van der Waals surface area contributed by atoms with E-state index in [1.807, 2.05) is 6.92 Å². The molecule has 5 N–H and O–H groups in total. The minimum atomic E-state index is -0.761. The van der Waals surface area contributed by atoms with Gasteiger partial charge in [-0.3, -0.25) is 4.79 Å². The number of aromatic hydroxyl groups is 2. The van der Waals surface area contributed by atoms with Crippen LogP contribution in [0, 0.1) is 6.92 Å². The third-order valence-electron chi connectivity index (χ3n) is 2.68. The van der Waals surface area contributed by atoms with Gasteiger partial charge in [-0.15, -0.1) is 11.3 Å². The molecule has 6 nitrogen and oxygen atoms in total. The first kappa shape index (κ1) is 14.3. The third kappa shape index (κ3) is 3.46. The van der Waals surface area contributed by atoms with Gasteiger partial charge in [-0.05, 0) is 31.0 Å². The molecule has 0 aliphatic heterocycles. The molecule has 20 heavy (non-hydrogen) atoms. The normalized spacial score (nSPS) is 12.1. The summed E-state index contributed by atoms with van der Waals surface area (Å²) in [7, 11) is 0. The summed E-state index contributed by atoms with van der Waals surface area (Å²) in [4.78, 5) is 16.9. The van der Waals surface area contributed by atoms with Gasteiger partial charge in [0.25, 0.3) is 0 Å². The second-order valence-electron chi connectivity index (χ2n) is 4.40. The Morgan fingerprint density at radius 1 is 1.45 bits per heavy atom. The number of hydrogen-bond acceptors (Lipinski definition) is 6. The minimum absolute atomic E-state index is 0.204. The molecule has 0 saturated heterocycles. The number of aromatic nitrogens is 1. The van der Waals surface area contributed by atoms with Crippen molar-refractivity contribution in [3.8, 4) is 11.5 Å². The number of nitrogens with zero attached hydrogens (tertiary/aromatic N) is 1. The van der Waals surface area contributed by atoms with Crippen LogP contribution in [0.3, 0.4) is 0 Å². The molecule has 2 rings (SSSR count). The highest BCUT2D eigenvalue weighted by Gasteiger charge is 2.16. The maximum Gasteiger partial charge on any atom is 0.243 e. The van der Waals surface area contributed by atoms with Crippen LogP contribution in [0.5, 0.6) is 11.5 Å². The van der Waals surface area contributed by atoms with Crippen molar-refractivity contribution in [3.05, 3.63) is 34.8 Å². The summed E-state index contributed by atoms with van der Waals surface area (Å²) in [6, 6.07) is 3.59. The zero-order valence-electron chi connectivity index (χ0n) is 10.8. The van der Waals surface area contributed by atoms with Gasteiger partial charge in [-0.25, -0.2) is 4.98 Å². The molecule has 7 heteroatoms. The molecule has 0 aliphatic rings. The van der Waals surface area contributed by atoms with E-state index < -0.39 is 6.04 Å². The van der Waals surface area contributed by atoms with Crippen LogP contribution in [-0.2, 0) is 11.2 Å². The number of anilines is 1. The minimum Gasteiger partial charge on any atom is -0.504 e. The molecule has 2 aromatic rings. The van der Waals surface area contributed by atoms with Gasteiger partial charge in [0.2, 0.25) is 5.91 Å².